The molecule has 1 amide bonds. The number of hydrogen-bond acceptors (Lipinski definition) is 6. The Labute approximate surface area is 130 Å². The molecule has 2 aromatic rings. The van der Waals surface area contributed by atoms with E-state index in [4.69, 9.17) is 0 Å². The number of nitrogens with zero attached hydrogens (tertiary/aromatic N) is 3. The first kappa shape index (κ1) is 16.0. The fourth-order valence-electron chi connectivity index (χ4n) is 1.68. The Morgan fingerprint density at radius 2 is 2.27 bits per heavy atom. The number of anilines is 1. The van der Waals surface area contributed by atoms with E-state index in [2.05, 4.69) is 20.5 Å². The topological polar surface area (TPSA) is 114 Å². The van der Waals surface area contributed by atoms with E-state index in [1.807, 2.05) is 6.92 Å². The summed E-state index contributed by atoms with van der Waals surface area (Å²) in [4.78, 5) is 26.4. The van der Waals surface area contributed by atoms with E-state index in [0.717, 1.165) is 17.8 Å². The van der Waals surface area contributed by atoms with Gasteiger partial charge in [-0.1, -0.05) is 24.8 Å². The number of nitro benzene ring substituents is 1. The zero-order valence-corrected chi connectivity index (χ0v) is 12.9. The zero-order valence-electron chi connectivity index (χ0n) is 12.1. The normalized spacial score (nSPS) is 10.5. The van der Waals surface area contributed by atoms with Gasteiger partial charge in [-0.3, -0.25) is 20.0 Å². The van der Waals surface area contributed by atoms with Gasteiger partial charge in [-0.15, -0.1) is 5.10 Å². The van der Waals surface area contributed by atoms with Gasteiger partial charge in [0, 0.05) is 18.6 Å². The number of carbonyl (C=O) groups is 1. The molecule has 0 fully saturated rings. The summed E-state index contributed by atoms with van der Waals surface area (Å²) in [6.07, 6.45) is 0.743. The third kappa shape index (κ3) is 4.04. The van der Waals surface area contributed by atoms with Crippen molar-refractivity contribution >= 4 is 29.0 Å². The molecule has 1 aromatic carbocycles. The Morgan fingerprint density at radius 1 is 1.50 bits per heavy atom. The molecule has 0 radical (unpaired) electrons. The Hall–Kier alpha value is -2.42. The van der Waals surface area contributed by atoms with Gasteiger partial charge in [0.2, 0.25) is 11.1 Å². The number of hydrogen-bond donors (Lipinski definition) is 2. The maximum absolute atomic E-state index is 11.9. The van der Waals surface area contributed by atoms with Gasteiger partial charge in [0.1, 0.15) is 5.82 Å². The van der Waals surface area contributed by atoms with E-state index in [0.29, 0.717) is 10.8 Å². The third-order valence-electron chi connectivity index (χ3n) is 2.88. The van der Waals surface area contributed by atoms with Crippen LogP contribution in [0, 0.1) is 17.0 Å². The number of benzene rings is 1. The van der Waals surface area contributed by atoms with Crippen molar-refractivity contribution in [2.45, 2.75) is 25.4 Å². The highest BCUT2D eigenvalue weighted by Crippen LogP contribution is 2.22. The molecular formula is C13H15N5O3S. The molecule has 0 saturated carbocycles. The summed E-state index contributed by atoms with van der Waals surface area (Å²) in [5, 5.41) is 20.7. The van der Waals surface area contributed by atoms with Crippen molar-refractivity contribution in [1.29, 1.82) is 0 Å². The predicted octanol–water partition coefficient (Wildman–Crippen LogP) is 2.31. The number of non-ortho nitro benzene ring substituents is 1. The van der Waals surface area contributed by atoms with Crippen LogP contribution in [0.1, 0.15) is 18.3 Å². The quantitative estimate of drug-likeness (QED) is 0.479. The lowest BCUT2D eigenvalue weighted by Crippen LogP contribution is -2.15. The van der Waals surface area contributed by atoms with Gasteiger partial charge in [0.15, 0.2) is 0 Å². The van der Waals surface area contributed by atoms with Crippen molar-refractivity contribution < 1.29 is 9.72 Å². The highest BCUT2D eigenvalue weighted by Gasteiger charge is 2.12. The van der Waals surface area contributed by atoms with E-state index in [1.165, 1.54) is 23.9 Å². The first-order chi connectivity index (χ1) is 10.5. The second-order valence-corrected chi connectivity index (χ2v) is 5.45. The molecule has 0 atom stereocenters. The third-order valence-corrected chi connectivity index (χ3v) is 3.73. The molecule has 116 valence electrons. The molecule has 22 heavy (non-hydrogen) atoms. The molecule has 2 N–H and O–H groups in total. The standard InChI is InChI=1S/C13H15N5O3S/c1-3-11-15-13(17-16-11)22-7-12(19)14-10-6-9(18(20)21)5-4-8(10)2/h4-6H,3,7H2,1-2H3,(H,14,19)(H,15,16,17). The molecule has 1 heterocycles. The van der Waals surface area contributed by atoms with Crippen LogP contribution in [0.4, 0.5) is 11.4 Å². The maximum Gasteiger partial charge on any atom is 0.271 e. The lowest BCUT2D eigenvalue weighted by atomic mass is 10.2. The molecule has 0 saturated heterocycles. The molecule has 1 aromatic heterocycles. The number of aromatic amines is 1. The Morgan fingerprint density at radius 3 is 2.91 bits per heavy atom. The number of aromatic nitrogens is 3. The second kappa shape index (κ2) is 7.03. The number of amides is 1. The van der Waals surface area contributed by atoms with Gasteiger partial charge in [-0.2, -0.15) is 0 Å². The van der Waals surface area contributed by atoms with E-state index in [9.17, 15) is 14.9 Å². The number of nitrogens with one attached hydrogen (secondary N) is 2. The summed E-state index contributed by atoms with van der Waals surface area (Å²) in [6, 6.07) is 4.35. The fraction of sp³-hybridized carbons (Fsp3) is 0.308. The minimum absolute atomic E-state index is 0.0601. The summed E-state index contributed by atoms with van der Waals surface area (Å²) in [5.74, 6) is 0.622. The number of rotatable bonds is 6. The highest BCUT2D eigenvalue weighted by molar-refractivity contribution is 7.99. The predicted molar refractivity (Wildman–Crippen MR) is 82.9 cm³/mol. The Bertz CT molecular complexity index is 701. The van der Waals surface area contributed by atoms with E-state index in [-0.39, 0.29) is 17.3 Å². The summed E-state index contributed by atoms with van der Waals surface area (Å²) in [7, 11) is 0. The molecule has 0 aliphatic heterocycles. The number of aryl methyl sites for hydroxylation is 2. The second-order valence-electron chi connectivity index (χ2n) is 4.51. The van der Waals surface area contributed by atoms with E-state index < -0.39 is 4.92 Å². The molecule has 9 heteroatoms. The van der Waals surface area contributed by atoms with Gasteiger partial charge in [0.05, 0.1) is 16.4 Å². The zero-order chi connectivity index (χ0) is 16.1. The minimum Gasteiger partial charge on any atom is -0.325 e. The van der Waals surface area contributed by atoms with E-state index in [1.54, 1.807) is 13.0 Å². The molecule has 0 bridgehead atoms. The van der Waals surface area contributed by atoms with Crippen LogP contribution in [0.25, 0.3) is 0 Å². The van der Waals surface area contributed by atoms with Gasteiger partial charge in [-0.05, 0) is 12.5 Å². The van der Waals surface area contributed by atoms with Crippen LogP contribution in [-0.2, 0) is 11.2 Å². The van der Waals surface area contributed by atoms with Crippen LogP contribution in [0.5, 0.6) is 0 Å². The Kier molecular flexibility index (Phi) is 5.10. The number of nitro groups is 1. The molecule has 0 unspecified atom stereocenters. The van der Waals surface area contributed by atoms with Crippen LogP contribution in [-0.4, -0.2) is 31.8 Å². The number of carbonyl (C=O) groups excluding carboxylic acids is 1. The largest absolute Gasteiger partial charge is 0.325 e. The van der Waals surface area contributed by atoms with Crippen molar-refractivity contribution in [2.24, 2.45) is 0 Å². The molecule has 0 aliphatic carbocycles. The average molecular weight is 321 g/mol. The van der Waals surface area contributed by atoms with Crippen molar-refractivity contribution in [3.8, 4) is 0 Å². The Balaban J connectivity index is 1.96. The van der Waals surface area contributed by atoms with Gasteiger partial charge >= 0.3 is 0 Å². The van der Waals surface area contributed by atoms with E-state index >= 15 is 0 Å². The van der Waals surface area contributed by atoms with Gasteiger partial charge < -0.3 is 5.32 Å². The van der Waals surface area contributed by atoms with Crippen LogP contribution in [0.15, 0.2) is 23.4 Å². The SMILES string of the molecule is CCc1nc(SCC(=O)Nc2cc([N+](=O)[O-])ccc2C)n[nH]1. The smallest absolute Gasteiger partial charge is 0.271 e. The summed E-state index contributed by atoms with van der Waals surface area (Å²) < 4.78 is 0. The van der Waals surface area contributed by atoms with Crippen LogP contribution >= 0.6 is 11.8 Å². The molecule has 0 spiro atoms. The fourth-order valence-corrected chi connectivity index (χ4v) is 2.29. The van der Waals surface area contributed by atoms with Crippen LogP contribution < -0.4 is 5.32 Å². The molecule has 0 aliphatic rings. The number of thioether (sulfide) groups is 1. The average Bonchev–Trinajstić information content (AvgIpc) is 2.95. The molecular weight excluding hydrogens is 306 g/mol. The lowest BCUT2D eigenvalue weighted by molar-refractivity contribution is -0.384. The van der Waals surface area contributed by atoms with Crippen molar-refractivity contribution in [1.82, 2.24) is 15.2 Å². The molecule has 2 rings (SSSR count). The maximum atomic E-state index is 11.9. The summed E-state index contributed by atoms with van der Waals surface area (Å²) in [6.45, 7) is 3.72. The minimum atomic E-state index is -0.496. The van der Waals surface area contributed by atoms with Crippen molar-refractivity contribution in [2.75, 3.05) is 11.1 Å². The number of H-pyrrole nitrogens is 1. The molecule has 8 nitrogen and oxygen atoms in total. The summed E-state index contributed by atoms with van der Waals surface area (Å²) in [5.41, 5.74) is 1.13. The van der Waals surface area contributed by atoms with Gasteiger partial charge in [-0.25, -0.2) is 4.98 Å². The van der Waals surface area contributed by atoms with Crippen molar-refractivity contribution in [3.05, 3.63) is 39.7 Å². The monoisotopic (exact) mass is 321 g/mol. The first-order valence-electron chi connectivity index (χ1n) is 6.58. The van der Waals surface area contributed by atoms with Gasteiger partial charge in [0.25, 0.3) is 5.69 Å². The summed E-state index contributed by atoms with van der Waals surface area (Å²) >= 11 is 1.20. The first-order valence-corrected chi connectivity index (χ1v) is 7.57. The van der Waals surface area contributed by atoms with Crippen LogP contribution in [0.3, 0.4) is 0 Å². The van der Waals surface area contributed by atoms with Crippen molar-refractivity contribution in [3.63, 3.8) is 0 Å². The lowest BCUT2D eigenvalue weighted by Gasteiger charge is -2.07. The highest BCUT2D eigenvalue weighted by atomic mass is 32.2. The van der Waals surface area contributed by atoms with Crippen LogP contribution in [0.2, 0.25) is 0 Å².